The Balaban J connectivity index is 1.71. The number of rotatable bonds is 4. The van der Waals surface area contributed by atoms with Crippen molar-refractivity contribution in [2.75, 3.05) is 25.0 Å². The quantitative estimate of drug-likeness (QED) is 0.934. The van der Waals surface area contributed by atoms with E-state index in [1.807, 2.05) is 6.07 Å². The molecule has 0 aliphatic carbocycles. The van der Waals surface area contributed by atoms with E-state index in [0.717, 1.165) is 31.6 Å². The number of carbonyl (C=O) groups is 1. The molecule has 1 aliphatic heterocycles. The van der Waals surface area contributed by atoms with Gasteiger partial charge in [-0.15, -0.1) is 0 Å². The molecule has 1 N–H and O–H groups in total. The van der Waals surface area contributed by atoms with E-state index in [1.54, 1.807) is 23.1 Å². The summed E-state index contributed by atoms with van der Waals surface area (Å²) in [6.45, 7) is 2.38. The molecule has 0 bridgehead atoms. The van der Waals surface area contributed by atoms with E-state index in [0.29, 0.717) is 17.3 Å². The monoisotopic (exact) mass is 333 g/mol. The zero-order valence-corrected chi connectivity index (χ0v) is 13.7. The number of hydrogen-bond acceptors (Lipinski definition) is 4. The summed E-state index contributed by atoms with van der Waals surface area (Å²) in [4.78, 5) is 18.5. The van der Waals surface area contributed by atoms with Gasteiger partial charge in [0.2, 0.25) is 5.91 Å². The fourth-order valence-corrected chi connectivity index (χ4v) is 3.00. The predicted molar refractivity (Wildman–Crippen MR) is 89.9 cm³/mol. The van der Waals surface area contributed by atoms with Crippen LogP contribution in [0.2, 0.25) is 5.02 Å². The van der Waals surface area contributed by atoms with Gasteiger partial charge in [-0.2, -0.15) is 5.10 Å². The molecule has 1 aliphatic rings. The van der Waals surface area contributed by atoms with E-state index in [1.165, 1.54) is 19.2 Å². The first-order chi connectivity index (χ1) is 11.2. The molecule has 0 unspecified atom stereocenters. The standard InChI is InChI=1S/C16H20ClN5O/c17-13-5-6-15(22-12-18-11-19-22)14(9-13)20-16(23)10-21-7-3-1-2-4-8-21/h5-6,9,11-12H,1-4,7-8,10H2,(H,20,23). The highest BCUT2D eigenvalue weighted by molar-refractivity contribution is 6.31. The number of nitrogens with one attached hydrogen (secondary N) is 1. The molecule has 0 saturated carbocycles. The number of amides is 1. The predicted octanol–water partition coefficient (Wildman–Crippen LogP) is 2.74. The van der Waals surface area contributed by atoms with E-state index in [4.69, 9.17) is 11.6 Å². The lowest BCUT2D eigenvalue weighted by atomic mass is 10.2. The molecular weight excluding hydrogens is 314 g/mol. The van der Waals surface area contributed by atoms with Crippen LogP contribution in [-0.4, -0.2) is 45.2 Å². The maximum atomic E-state index is 12.4. The molecule has 2 heterocycles. The highest BCUT2D eigenvalue weighted by atomic mass is 35.5. The summed E-state index contributed by atoms with van der Waals surface area (Å²) in [7, 11) is 0. The van der Waals surface area contributed by atoms with Crippen molar-refractivity contribution in [3.05, 3.63) is 35.9 Å². The average Bonchev–Trinajstić information content (AvgIpc) is 2.93. The van der Waals surface area contributed by atoms with Crippen LogP contribution in [0.1, 0.15) is 25.7 Å². The Morgan fingerprint density at radius 2 is 2.00 bits per heavy atom. The Bertz CT molecular complexity index is 650. The van der Waals surface area contributed by atoms with Crippen LogP contribution >= 0.6 is 11.6 Å². The van der Waals surface area contributed by atoms with Crippen molar-refractivity contribution in [2.45, 2.75) is 25.7 Å². The molecule has 3 rings (SSSR count). The summed E-state index contributed by atoms with van der Waals surface area (Å²) in [6.07, 6.45) is 7.88. The van der Waals surface area contributed by atoms with Crippen molar-refractivity contribution in [2.24, 2.45) is 0 Å². The summed E-state index contributed by atoms with van der Waals surface area (Å²) in [5.41, 5.74) is 1.39. The average molecular weight is 334 g/mol. The third kappa shape index (κ3) is 4.30. The lowest BCUT2D eigenvalue weighted by Gasteiger charge is -2.19. The first-order valence-electron chi connectivity index (χ1n) is 7.89. The number of halogens is 1. The van der Waals surface area contributed by atoms with Gasteiger partial charge in [-0.25, -0.2) is 9.67 Å². The van der Waals surface area contributed by atoms with E-state index in [2.05, 4.69) is 20.3 Å². The van der Waals surface area contributed by atoms with E-state index >= 15 is 0 Å². The Kier molecular flexibility index (Phi) is 5.25. The van der Waals surface area contributed by atoms with Crippen LogP contribution in [0, 0.1) is 0 Å². The fraction of sp³-hybridized carbons (Fsp3) is 0.438. The normalized spacial score (nSPS) is 16.0. The number of benzene rings is 1. The van der Waals surface area contributed by atoms with E-state index in [-0.39, 0.29) is 5.91 Å². The van der Waals surface area contributed by atoms with Crippen LogP contribution in [0.25, 0.3) is 5.69 Å². The topological polar surface area (TPSA) is 63.1 Å². The molecule has 7 heteroatoms. The van der Waals surface area contributed by atoms with Gasteiger partial charge in [0.05, 0.1) is 17.9 Å². The molecule has 0 spiro atoms. The van der Waals surface area contributed by atoms with Crippen molar-refractivity contribution < 1.29 is 4.79 Å². The molecule has 2 aromatic rings. The second kappa shape index (κ2) is 7.57. The first-order valence-corrected chi connectivity index (χ1v) is 8.27. The van der Waals surface area contributed by atoms with Crippen LogP contribution in [0.3, 0.4) is 0 Å². The first kappa shape index (κ1) is 16.0. The number of nitrogens with zero attached hydrogens (tertiary/aromatic N) is 4. The molecule has 1 aromatic carbocycles. The van der Waals surface area contributed by atoms with Crippen molar-refractivity contribution in [3.63, 3.8) is 0 Å². The van der Waals surface area contributed by atoms with Gasteiger partial charge in [0.1, 0.15) is 12.7 Å². The van der Waals surface area contributed by atoms with Gasteiger partial charge in [0, 0.05) is 5.02 Å². The highest BCUT2D eigenvalue weighted by Crippen LogP contribution is 2.24. The van der Waals surface area contributed by atoms with Gasteiger partial charge in [-0.05, 0) is 44.1 Å². The lowest BCUT2D eigenvalue weighted by Crippen LogP contribution is -2.34. The molecule has 0 atom stereocenters. The summed E-state index contributed by atoms with van der Waals surface area (Å²) < 4.78 is 1.61. The molecule has 1 amide bonds. The minimum Gasteiger partial charge on any atom is -0.323 e. The van der Waals surface area contributed by atoms with Gasteiger partial charge >= 0.3 is 0 Å². The van der Waals surface area contributed by atoms with Gasteiger partial charge < -0.3 is 5.32 Å². The summed E-state index contributed by atoms with van der Waals surface area (Å²) in [5, 5.41) is 7.64. The maximum Gasteiger partial charge on any atom is 0.238 e. The van der Waals surface area contributed by atoms with E-state index in [9.17, 15) is 4.79 Å². The third-order valence-electron chi connectivity index (χ3n) is 3.96. The van der Waals surface area contributed by atoms with Crippen LogP contribution in [0.4, 0.5) is 5.69 Å². The minimum absolute atomic E-state index is 0.0319. The highest BCUT2D eigenvalue weighted by Gasteiger charge is 2.15. The largest absolute Gasteiger partial charge is 0.323 e. The van der Waals surface area contributed by atoms with Crippen molar-refractivity contribution in [1.82, 2.24) is 19.7 Å². The Hall–Kier alpha value is -1.92. The summed E-state index contributed by atoms with van der Waals surface area (Å²) in [6, 6.07) is 5.32. The molecule has 0 radical (unpaired) electrons. The molecule has 1 fully saturated rings. The van der Waals surface area contributed by atoms with Crippen LogP contribution in [0.15, 0.2) is 30.9 Å². The second-order valence-electron chi connectivity index (χ2n) is 5.74. The van der Waals surface area contributed by atoms with Crippen LogP contribution in [0.5, 0.6) is 0 Å². The summed E-state index contributed by atoms with van der Waals surface area (Å²) >= 11 is 6.07. The third-order valence-corrected chi connectivity index (χ3v) is 4.20. The van der Waals surface area contributed by atoms with Gasteiger partial charge in [0.25, 0.3) is 0 Å². The zero-order valence-electron chi connectivity index (χ0n) is 12.9. The molecule has 23 heavy (non-hydrogen) atoms. The van der Waals surface area contributed by atoms with Gasteiger partial charge in [-0.1, -0.05) is 24.4 Å². The number of anilines is 1. The second-order valence-corrected chi connectivity index (χ2v) is 6.18. The molecule has 122 valence electrons. The fourth-order valence-electron chi connectivity index (χ4n) is 2.83. The van der Waals surface area contributed by atoms with Crippen LogP contribution in [-0.2, 0) is 4.79 Å². The Morgan fingerprint density at radius 3 is 2.70 bits per heavy atom. The Labute approximate surface area is 140 Å². The smallest absolute Gasteiger partial charge is 0.238 e. The summed E-state index contributed by atoms with van der Waals surface area (Å²) in [5.74, 6) is -0.0319. The molecule has 1 aromatic heterocycles. The molecule has 6 nitrogen and oxygen atoms in total. The SMILES string of the molecule is O=C(CN1CCCCCC1)Nc1cc(Cl)ccc1-n1cncn1. The van der Waals surface area contributed by atoms with E-state index < -0.39 is 0 Å². The minimum atomic E-state index is -0.0319. The van der Waals surface area contributed by atoms with Crippen molar-refractivity contribution in [3.8, 4) is 5.69 Å². The Morgan fingerprint density at radius 1 is 1.22 bits per heavy atom. The zero-order chi connectivity index (χ0) is 16.1. The number of carbonyl (C=O) groups excluding carboxylic acids is 1. The maximum absolute atomic E-state index is 12.4. The number of likely N-dealkylation sites (tertiary alicyclic amines) is 1. The molecule has 1 saturated heterocycles. The number of hydrogen-bond donors (Lipinski definition) is 1. The lowest BCUT2D eigenvalue weighted by molar-refractivity contribution is -0.117. The van der Waals surface area contributed by atoms with Gasteiger partial charge in [-0.3, -0.25) is 9.69 Å². The number of aromatic nitrogens is 3. The van der Waals surface area contributed by atoms with Crippen molar-refractivity contribution in [1.29, 1.82) is 0 Å². The van der Waals surface area contributed by atoms with Gasteiger partial charge in [0.15, 0.2) is 0 Å². The van der Waals surface area contributed by atoms with Crippen molar-refractivity contribution >= 4 is 23.2 Å². The van der Waals surface area contributed by atoms with Crippen LogP contribution < -0.4 is 5.32 Å². The molecular formula is C16H20ClN5O.